The van der Waals surface area contributed by atoms with Crippen LogP contribution in [-0.2, 0) is 24.8 Å². The van der Waals surface area contributed by atoms with Crippen LogP contribution >= 0.6 is 0 Å². The highest BCUT2D eigenvalue weighted by molar-refractivity contribution is 7.92. The van der Waals surface area contributed by atoms with Crippen LogP contribution in [0.3, 0.4) is 0 Å². The number of carbonyl (C=O) groups excluding carboxylic acids is 1. The first-order chi connectivity index (χ1) is 25.8. The quantitative estimate of drug-likeness (QED) is 0.156. The van der Waals surface area contributed by atoms with Crippen molar-refractivity contribution in [2.75, 3.05) is 60.6 Å². The van der Waals surface area contributed by atoms with Gasteiger partial charge in [-0.15, -0.1) is 0 Å². The van der Waals surface area contributed by atoms with Crippen LogP contribution in [0.1, 0.15) is 73.3 Å². The van der Waals surface area contributed by atoms with E-state index >= 15 is 0 Å². The van der Waals surface area contributed by atoms with Crippen molar-refractivity contribution in [3.05, 3.63) is 88.0 Å². The maximum Gasteiger partial charge on any atom is 0.293 e. The average Bonchev–Trinajstić information content (AvgIpc) is 3.62. The summed E-state index contributed by atoms with van der Waals surface area (Å²) >= 11 is 0. The van der Waals surface area contributed by atoms with Gasteiger partial charge in [-0.2, -0.15) is 0 Å². The van der Waals surface area contributed by atoms with Crippen molar-refractivity contribution in [1.82, 2.24) is 9.62 Å². The molecule has 1 saturated carbocycles. The lowest BCUT2D eigenvalue weighted by Crippen LogP contribution is -2.54. The molecule has 4 fully saturated rings. The van der Waals surface area contributed by atoms with E-state index in [2.05, 4.69) is 24.6 Å². The van der Waals surface area contributed by atoms with Gasteiger partial charge in [0, 0.05) is 62.2 Å². The molecule has 14 nitrogen and oxygen atoms in total. The lowest BCUT2D eigenvalue weighted by Gasteiger charge is -2.56. The third-order valence-electron chi connectivity index (χ3n) is 11.7. The number of benzene rings is 3. The van der Waals surface area contributed by atoms with Gasteiger partial charge in [0.2, 0.25) is 10.0 Å². The molecule has 3 aromatic rings. The standard InChI is InChI=1S/C38H48N6O8S2/c1-53(48,49)40-33-6-3-2-5-32(33)35-7-4-18-43(35)30-24-38(25-30)16-19-42(20-17-38)29-10-8-28(9-11-29)37(45)41-54(50,51)31-12-13-34(36(23-31)44(46)47)39-26-27-14-21-52-22-15-27/h2-3,5-6,8-13,23,27,30,35,39-40H,4,7,14-22,24-26H2,1H3,(H,41,45)/t35-/m0/s1. The van der Waals surface area contributed by atoms with Crippen molar-refractivity contribution in [3.8, 4) is 0 Å². The Balaban J connectivity index is 0.921. The first-order valence-electron chi connectivity index (χ1n) is 18.6. The normalized spacial score (nSPS) is 21.1. The fraction of sp³-hybridized carbons (Fsp3) is 0.500. The van der Waals surface area contributed by atoms with Crippen molar-refractivity contribution < 1.29 is 31.3 Å². The summed E-state index contributed by atoms with van der Waals surface area (Å²) in [5, 5.41) is 14.9. The molecule has 3 heterocycles. The van der Waals surface area contributed by atoms with Crippen LogP contribution in [0.4, 0.5) is 22.7 Å². The molecule has 0 radical (unpaired) electrons. The molecule has 1 aliphatic carbocycles. The van der Waals surface area contributed by atoms with E-state index in [1.165, 1.54) is 18.4 Å². The van der Waals surface area contributed by atoms with Gasteiger partial charge in [0.1, 0.15) is 5.69 Å². The third-order valence-corrected chi connectivity index (χ3v) is 13.6. The number of hydrogen-bond donors (Lipinski definition) is 3. The van der Waals surface area contributed by atoms with E-state index in [0.29, 0.717) is 37.4 Å². The molecule has 1 amide bonds. The molecule has 1 atom stereocenters. The van der Waals surface area contributed by atoms with Crippen molar-refractivity contribution in [3.63, 3.8) is 0 Å². The summed E-state index contributed by atoms with van der Waals surface area (Å²) in [5.41, 5.74) is 2.93. The second-order valence-electron chi connectivity index (χ2n) is 15.3. The Morgan fingerprint density at radius 3 is 2.31 bits per heavy atom. The molecule has 0 unspecified atom stereocenters. The minimum absolute atomic E-state index is 0.162. The molecule has 7 rings (SSSR count). The van der Waals surface area contributed by atoms with Gasteiger partial charge in [0.05, 0.1) is 21.8 Å². The van der Waals surface area contributed by atoms with Crippen LogP contribution in [0.5, 0.6) is 0 Å². The van der Waals surface area contributed by atoms with Crippen molar-refractivity contribution in [1.29, 1.82) is 0 Å². The smallest absolute Gasteiger partial charge is 0.293 e. The number of carbonyl (C=O) groups is 1. The first kappa shape index (κ1) is 38.0. The van der Waals surface area contributed by atoms with Gasteiger partial charge < -0.3 is 15.0 Å². The van der Waals surface area contributed by atoms with Gasteiger partial charge >= 0.3 is 0 Å². The molecule has 3 saturated heterocycles. The van der Waals surface area contributed by atoms with E-state index in [0.717, 1.165) is 88.3 Å². The number of likely N-dealkylation sites (tertiary alicyclic amines) is 1. The van der Waals surface area contributed by atoms with Crippen LogP contribution in [0.15, 0.2) is 71.6 Å². The number of hydrogen-bond acceptors (Lipinski definition) is 11. The number of nitro benzene ring substituents is 1. The zero-order chi connectivity index (χ0) is 38.1. The molecule has 3 aromatic carbocycles. The van der Waals surface area contributed by atoms with E-state index in [1.807, 2.05) is 36.4 Å². The maximum atomic E-state index is 13.2. The largest absolute Gasteiger partial charge is 0.381 e. The van der Waals surface area contributed by atoms with Crippen molar-refractivity contribution in [2.24, 2.45) is 11.3 Å². The van der Waals surface area contributed by atoms with Crippen LogP contribution in [-0.4, -0.2) is 84.3 Å². The Hall–Kier alpha value is -4.25. The fourth-order valence-electron chi connectivity index (χ4n) is 8.71. The SMILES string of the molecule is CS(=O)(=O)Nc1ccccc1[C@@H]1CCCN1C1CC2(CCN(c3ccc(C(=O)NS(=O)(=O)c4ccc(NCC5CCOCC5)c([N+](=O)[O-])c4)cc3)CC2)C1. The lowest BCUT2D eigenvalue weighted by atomic mass is 9.60. The predicted octanol–water partition coefficient (Wildman–Crippen LogP) is 5.51. The Kier molecular flexibility index (Phi) is 10.9. The molecule has 3 N–H and O–H groups in total. The summed E-state index contributed by atoms with van der Waals surface area (Å²) in [6.45, 7) is 4.54. The summed E-state index contributed by atoms with van der Waals surface area (Å²) in [6.07, 6.45) is 9.28. The number of para-hydroxylation sites is 1. The highest BCUT2D eigenvalue weighted by Gasteiger charge is 2.50. The minimum Gasteiger partial charge on any atom is -0.381 e. The van der Waals surface area contributed by atoms with E-state index in [1.54, 1.807) is 12.1 Å². The number of nitrogens with one attached hydrogen (secondary N) is 3. The summed E-state index contributed by atoms with van der Waals surface area (Å²) in [6, 6.07) is 18.8. The molecular weight excluding hydrogens is 733 g/mol. The van der Waals surface area contributed by atoms with E-state index in [4.69, 9.17) is 4.74 Å². The molecule has 290 valence electrons. The zero-order valence-corrected chi connectivity index (χ0v) is 32.0. The molecule has 54 heavy (non-hydrogen) atoms. The average molecular weight is 781 g/mol. The molecule has 16 heteroatoms. The Morgan fingerprint density at radius 2 is 1.63 bits per heavy atom. The molecular formula is C38H48N6O8S2. The van der Waals surface area contributed by atoms with E-state index < -0.39 is 30.9 Å². The molecule has 1 spiro atoms. The number of nitrogens with zero attached hydrogens (tertiary/aromatic N) is 3. The monoisotopic (exact) mass is 780 g/mol. The van der Waals surface area contributed by atoms with Crippen LogP contribution < -0.4 is 19.7 Å². The number of sulfonamides is 2. The van der Waals surface area contributed by atoms with Gasteiger partial charge in [0.15, 0.2) is 0 Å². The lowest BCUT2D eigenvalue weighted by molar-refractivity contribution is -0.384. The summed E-state index contributed by atoms with van der Waals surface area (Å²) < 4.78 is 60.5. The highest BCUT2D eigenvalue weighted by atomic mass is 32.2. The first-order valence-corrected chi connectivity index (χ1v) is 22.0. The van der Waals surface area contributed by atoms with Gasteiger partial charge in [-0.25, -0.2) is 21.6 Å². The number of anilines is 3. The second kappa shape index (κ2) is 15.5. The van der Waals surface area contributed by atoms with Crippen molar-refractivity contribution >= 4 is 48.7 Å². The minimum atomic E-state index is -4.39. The second-order valence-corrected chi connectivity index (χ2v) is 18.7. The van der Waals surface area contributed by atoms with Crippen molar-refractivity contribution in [2.45, 2.75) is 68.3 Å². The van der Waals surface area contributed by atoms with Crippen LogP contribution in [0.2, 0.25) is 0 Å². The van der Waals surface area contributed by atoms with E-state index in [-0.39, 0.29) is 33.3 Å². The zero-order valence-electron chi connectivity index (χ0n) is 30.4. The number of nitro groups is 1. The van der Waals surface area contributed by atoms with Crippen LogP contribution in [0, 0.1) is 21.4 Å². The summed E-state index contributed by atoms with van der Waals surface area (Å²) in [7, 11) is -7.77. The molecule has 3 aliphatic heterocycles. The van der Waals surface area contributed by atoms with Crippen LogP contribution in [0.25, 0.3) is 0 Å². The maximum absolute atomic E-state index is 13.2. The van der Waals surface area contributed by atoms with Gasteiger partial charge in [-0.05, 0) is 117 Å². The van der Waals surface area contributed by atoms with E-state index in [9.17, 15) is 31.7 Å². The molecule has 0 aromatic heterocycles. The Labute approximate surface area is 316 Å². The Morgan fingerprint density at radius 1 is 0.926 bits per heavy atom. The third kappa shape index (κ3) is 8.51. The highest BCUT2D eigenvalue weighted by Crippen LogP contribution is 2.54. The summed E-state index contributed by atoms with van der Waals surface area (Å²) in [4.78, 5) is 28.7. The molecule has 4 aliphatic rings. The Bertz CT molecular complexity index is 2070. The number of amides is 1. The number of rotatable bonds is 12. The summed E-state index contributed by atoms with van der Waals surface area (Å²) in [5.74, 6) is -0.520. The van der Waals surface area contributed by atoms with Gasteiger partial charge in [0.25, 0.3) is 21.6 Å². The topological polar surface area (TPSA) is 180 Å². The number of ether oxygens (including phenoxy) is 1. The molecule has 0 bridgehead atoms. The predicted molar refractivity (Wildman–Crippen MR) is 207 cm³/mol. The number of piperidine rings is 1. The fourth-order valence-corrected chi connectivity index (χ4v) is 10.3. The van der Waals surface area contributed by atoms with Gasteiger partial charge in [-0.3, -0.25) is 24.5 Å². The van der Waals surface area contributed by atoms with Gasteiger partial charge in [-0.1, -0.05) is 18.2 Å².